The van der Waals surface area contributed by atoms with E-state index >= 15 is 0 Å². The zero-order valence-electron chi connectivity index (χ0n) is 25.1. The second-order valence-electron chi connectivity index (χ2n) is 11.9. The highest BCUT2D eigenvalue weighted by Crippen LogP contribution is 2.53. The molecular formula is C28H40N4O11S. The van der Waals surface area contributed by atoms with Gasteiger partial charge in [-0.15, -0.1) is 0 Å². The average Bonchev–Trinajstić information content (AvgIpc) is 2.86. The number of amides is 1. The molecule has 15 nitrogen and oxygen atoms in total. The van der Waals surface area contributed by atoms with Gasteiger partial charge in [0.25, 0.3) is 5.91 Å². The van der Waals surface area contributed by atoms with Crippen molar-refractivity contribution in [3.05, 3.63) is 39.9 Å². The molecule has 244 valence electrons. The Morgan fingerprint density at radius 2 is 1.73 bits per heavy atom. The fraction of sp³-hybridized carbons (Fsp3) is 0.536. The molecule has 0 saturated heterocycles. The topological polar surface area (TPSA) is 265 Å². The second-order valence-corrected chi connectivity index (χ2v) is 12.8. The minimum absolute atomic E-state index is 0.00168. The van der Waals surface area contributed by atoms with E-state index in [0.717, 1.165) is 6.42 Å². The zero-order chi connectivity index (χ0) is 33.6. The maximum atomic E-state index is 14.0. The summed E-state index contributed by atoms with van der Waals surface area (Å²) in [6, 6.07) is 0.625. The molecule has 2 unspecified atom stereocenters. The Hall–Kier alpha value is -3.70. The molecule has 3 aliphatic carbocycles. The van der Waals surface area contributed by atoms with E-state index in [1.807, 2.05) is 6.92 Å². The minimum Gasteiger partial charge on any atom is -0.510 e. The van der Waals surface area contributed by atoms with Crippen LogP contribution in [0.1, 0.15) is 49.5 Å². The predicted octanol–water partition coefficient (Wildman–Crippen LogP) is 0.922. The Bertz CT molecular complexity index is 1540. The number of allylic oxidation sites excluding steroid dienone is 1. The molecule has 0 aromatic heterocycles. The largest absolute Gasteiger partial charge is 0.510 e. The third kappa shape index (κ3) is 6.12. The van der Waals surface area contributed by atoms with E-state index in [9.17, 15) is 34.8 Å². The van der Waals surface area contributed by atoms with E-state index in [1.165, 1.54) is 4.90 Å². The summed E-state index contributed by atoms with van der Waals surface area (Å²) in [5, 5.41) is 45.0. The molecule has 4 atom stereocenters. The molecule has 0 saturated carbocycles. The van der Waals surface area contributed by atoms with Crippen LogP contribution in [0.2, 0.25) is 0 Å². The molecule has 1 aromatic carbocycles. The standard InChI is InChI=1S/C28H38N4O7.H2O4S/c1-6-7-32(11-12(2)3)17-10-16(29)22(33)19-14(17)8-13-9-15-21(31(4)5)24(35)20(27(30)38)26(37)28(15,39)25(36)18(13)23(19)34;1-5(2,3)4/h10,12-13,15,21,33,35-36,39H,6-9,11,29H2,1-5H3,(H2,30,38);(H2,1,2,3,4)/t13?,15?,21-,28-;/m0./s1. The first-order valence-electron chi connectivity index (χ1n) is 13.9. The Morgan fingerprint density at radius 3 is 2.20 bits per heavy atom. The van der Waals surface area contributed by atoms with Gasteiger partial charge < -0.3 is 36.8 Å². The van der Waals surface area contributed by atoms with Crippen molar-refractivity contribution in [3.63, 3.8) is 0 Å². The average molecular weight is 641 g/mol. The number of ketones is 2. The maximum Gasteiger partial charge on any atom is 0.394 e. The van der Waals surface area contributed by atoms with Crippen molar-refractivity contribution in [3.8, 4) is 5.75 Å². The van der Waals surface area contributed by atoms with Gasteiger partial charge in [-0.2, -0.15) is 8.42 Å². The first-order valence-corrected chi connectivity index (χ1v) is 15.3. The Kier molecular flexibility index (Phi) is 9.77. The normalized spacial score (nSPS) is 24.9. The van der Waals surface area contributed by atoms with E-state index in [4.69, 9.17) is 29.0 Å². The number of anilines is 2. The number of aliphatic hydroxyl groups excluding tert-OH is 2. The minimum atomic E-state index is -4.67. The summed E-state index contributed by atoms with van der Waals surface area (Å²) in [5.41, 5.74) is 9.03. The number of aromatic hydroxyl groups is 1. The summed E-state index contributed by atoms with van der Waals surface area (Å²) in [5.74, 6) is -6.59. The van der Waals surface area contributed by atoms with Gasteiger partial charge in [0.05, 0.1) is 17.3 Å². The van der Waals surface area contributed by atoms with E-state index in [0.29, 0.717) is 30.3 Å². The lowest BCUT2D eigenvalue weighted by Crippen LogP contribution is -2.63. The second kappa shape index (κ2) is 12.4. The van der Waals surface area contributed by atoms with Gasteiger partial charge in [-0.3, -0.25) is 28.4 Å². The van der Waals surface area contributed by atoms with Crippen LogP contribution < -0.4 is 16.4 Å². The molecule has 1 amide bonds. The van der Waals surface area contributed by atoms with Gasteiger partial charge in [0, 0.05) is 30.3 Å². The zero-order valence-corrected chi connectivity index (χ0v) is 25.9. The number of carbonyl (C=O) groups excluding carboxylic acids is 3. The number of phenols is 1. The number of primary amides is 1. The smallest absolute Gasteiger partial charge is 0.394 e. The molecule has 3 aliphatic rings. The molecular weight excluding hydrogens is 600 g/mol. The number of nitrogen functional groups attached to an aromatic ring is 1. The van der Waals surface area contributed by atoms with Crippen molar-refractivity contribution in [2.24, 2.45) is 23.5 Å². The number of likely N-dealkylation sites (N-methyl/N-ethyl adjacent to an activating group) is 1. The van der Waals surface area contributed by atoms with Gasteiger partial charge in [0.15, 0.2) is 11.4 Å². The monoisotopic (exact) mass is 640 g/mol. The summed E-state index contributed by atoms with van der Waals surface area (Å²) < 4.78 is 31.6. The first-order chi connectivity index (χ1) is 20.2. The molecule has 0 spiro atoms. The van der Waals surface area contributed by atoms with Crippen molar-refractivity contribution in [1.29, 1.82) is 0 Å². The first kappa shape index (κ1) is 34.8. The highest BCUT2D eigenvalue weighted by Gasteiger charge is 2.63. The van der Waals surface area contributed by atoms with E-state index in [2.05, 4.69) is 18.7 Å². The lowest BCUT2D eigenvalue weighted by atomic mass is 9.58. The number of phenolic OH excluding ortho intramolecular Hbond substituents is 1. The van der Waals surface area contributed by atoms with Gasteiger partial charge in [0.1, 0.15) is 22.8 Å². The molecule has 0 heterocycles. The van der Waals surface area contributed by atoms with Crippen LogP contribution in [0.25, 0.3) is 0 Å². The third-order valence-corrected chi connectivity index (χ3v) is 8.15. The number of rotatable bonds is 7. The van der Waals surface area contributed by atoms with Crippen LogP contribution in [-0.2, 0) is 26.4 Å². The van der Waals surface area contributed by atoms with Gasteiger partial charge in [-0.1, -0.05) is 20.8 Å². The molecule has 0 radical (unpaired) electrons. The van der Waals surface area contributed by atoms with Crippen LogP contribution in [0, 0.1) is 17.8 Å². The SMILES string of the molecule is CCCN(CC(C)C)c1cc(N)c(O)c2c1CC1CC3[C@H](N(C)C)C(O)=C(C(N)=O)C(=O)[C@@]3(O)C(O)=C1C2=O.O=S(=O)(O)O. The number of hydrogen-bond donors (Lipinski definition) is 8. The van der Waals surface area contributed by atoms with E-state index in [-0.39, 0.29) is 29.7 Å². The number of Topliss-reactive ketones (excluding diaryl/α,β-unsaturated/α-hetero) is 2. The van der Waals surface area contributed by atoms with Crippen LogP contribution in [0.3, 0.4) is 0 Å². The molecule has 10 N–H and O–H groups in total. The lowest BCUT2D eigenvalue weighted by Gasteiger charge is -2.50. The van der Waals surface area contributed by atoms with E-state index < -0.39 is 74.2 Å². The van der Waals surface area contributed by atoms with Crippen molar-refractivity contribution in [1.82, 2.24) is 4.90 Å². The number of nitrogens with two attached hydrogens (primary N) is 2. The number of carbonyl (C=O) groups is 3. The van der Waals surface area contributed by atoms with Crippen molar-refractivity contribution in [2.75, 3.05) is 37.8 Å². The summed E-state index contributed by atoms with van der Waals surface area (Å²) >= 11 is 0. The maximum absolute atomic E-state index is 14.0. The van der Waals surface area contributed by atoms with Crippen LogP contribution in [0.5, 0.6) is 5.75 Å². The molecule has 4 rings (SSSR count). The van der Waals surface area contributed by atoms with Crippen molar-refractivity contribution >= 4 is 39.2 Å². The summed E-state index contributed by atoms with van der Waals surface area (Å²) in [6.45, 7) is 7.57. The summed E-state index contributed by atoms with van der Waals surface area (Å²) in [7, 11) is -1.47. The van der Waals surface area contributed by atoms with E-state index in [1.54, 1.807) is 20.2 Å². The van der Waals surface area contributed by atoms with Crippen molar-refractivity contribution < 1.29 is 52.3 Å². The fourth-order valence-corrected chi connectivity index (χ4v) is 6.62. The highest BCUT2D eigenvalue weighted by molar-refractivity contribution is 7.79. The van der Waals surface area contributed by atoms with Gasteiger partial charge in [0.2, 0.25) is 5.78 Å². The van der Waals surface area contributed by atoms with Crippen LogP contribution in [0.15, 0.2) is 28.7 Å². The quantitative estimate of drug-likeness (QED) is 0.0892. The molecule has 16 heteroatoms. The third-order valence-electron chi connectivity index (χ3n) is 8.15. The Morgan fingerprint density at radius 1 is 1.16 bits per heavy atom. The fourth-order valence-electron chi connectivity index (χ4n) is 6.62. The number of hydrogen-bond acceptors (Lipinski definition) is 12. The Labute approximate surface area is 255 Å². The summed E-state index contributed by atoms with van der Waals surface area (Å²) in [6.07, 6.45) is 1.09. The van der Waals surface area contributed by atoms with Crippen LogP contribution in [-0.4, -0.2) is 99.2 Å². The number of benzene rings is 1. The van der Waals surface area contributed by atoms with Crippen LogP contribution >= 0.6 is 0 Å². The molecule has 1 aromatic rings. The van der Waals surface area contributed by atoms with Crippen molar-refractivity contribution in [2.45, 2.75) is 51.7 Å². The molecule has 0 bridgehead atoms. The van der Waals surface area contributed by atoms with Gasteiger partial charge >= 0.3 is 10.4 Å². The van der Waals surface area contributed by atoms with Gasteiger partial charge in [-0.25, -0.2) is 0 Å². The number of fused-ring (bicyclic) bond motifs is 3. The lowest BCUT2D eigenvalue weighted by molar-refractivity contribution is -0.148. The van der Waals surface area contributed by atoms with Crippen LogP contribution in [0.4, 0.5) is 11.4 Å². The molecule has 0 fully saturated rings. The number of aliphatic hydroxyl groups is 3. The number of nitrogens with zero attached hydrogens (tertiary/aromatic N) is 2. The summed E-state index contributed by atoms with van der Waals surface area (Å²) in [4.78, 5) is 43.2. The van der Waals surface area contributed by atoms with Gasteiger partial charge in [-0.05, 0) is 56.8 Å². The Balaban J connectivity index is 0.000000978. The predicted molar refractivity (Wildman–Crippen MR) is 160 cm³/mol. The molecule has 44 heavy (non-hydrogen) atoms. The molecule has 0 aliphatic heterocycles. The highest BCUT2D eigenvalue weighted by atomic mass is 32.3.